The number of hydrogen-bond donors (Lipinski definition) is 3. The summed E-state index contributed by atoms with van der Waals surface area (Å²) < 4.78 is 5.29. The molecule has 0 aliphatic carbocycles. The van der Waals surface area contributed by atoms with E-state index in [1.54, 1.807) is 29.2 Å². The molecule has 5 N–H and O–H groups in total. The molecule has 2 fully saturated rings. The van der Waals surface area contributed by atoms with Crippen molar-refractivity contribution in [2.45, 2.75) is 19.3 Å². The first kappa shape index (κ1) is 23.4. The molecular formula is C21H30N8O3. The van der Waals surface area contributed by atoms with Gasteiger partial charge in [-0.05, 0) is 50.6 Å². The van der Waals surface area contributed by atoms with Gasteiger partial charge in [0.05, 0.1) is 13.2 Å². The average Bonchev–Trinajstić information content (AvgIpc) is 2.86. The van der Waals surface area contributed by atoms with Crippen LogP contribution in [0.4, 0.5) is 17.5 Å². The Balaban J connectivity index is 0.00000141. The van der Waals surface area contributed by atoms with Crippen molar-refractivity contribution in [2.75, 3.05) is 56.7 Å². The summed E-state index contributed by atoms with van der Waals surface area (Å²) >= 11 is 0. The van der Waals surface area contributed by atoms with Crippen molar-refractivity contribution in [3.05, 3.63) is 35.5 Å². The fourth-order valence-corrected chi connectivity index (χ4v) is 3.58. The molecule has 1 aromatic heterocycles. The fraction of sp³-hybridized carbons (Fsp3) is 0.476. The van der Waals surface area contributed by atoms with Gasteiger partial charge in [-0.3, -0.25) is 9.59 Å². The first-order valence-corrected chi connectivity index (χ1v) is 10.7. The Morgan fingerprint density at radius 3 is 2.25 bits per heavy atom. The van der Waals surface area contributed by atoms with Crippen LogP contribution in [0, 0.1) is 0 Å². The van der Waals surface area contributed by atoms with Crippen LogP contribution in [0.15, 0.2) is 24.3 Å². The molecular weight excluding hydrogens is 412 g/mol. The number of hydrogen-bond acceptors (Lipinski definition) is 9. The smallest absolute Gasteiger partial charge is 0.273 e. The standard InChI is InChI=1S/C20H25N7O3.CH5N/c21-17(28)16-18(23-20(25-24-16)27-8-2-1-3-9-27)22-15-6-4-14(5-7-15)19(29)26-10-12-30-13-11-26;1-2/h4-7H,1-3,8-13H2,(H2,21,28)(H,22,23,25);2H2,1H3. The second-order valence-corrected chi connectivity index (χ2v) is 7.33. The minimum atomic E-state index is -0.707. The molecule has 32 heavy (non-hydrogen) atoms. The third-order valence-corrected chi connectivity index (χ3v) is 5.24. The molecule has 3 heterocycles. The summed E-state index contributed by atoms with van der Waals surface area (Å²) in [6.07, 6.45) is 3.33. The number of piperidine rings is 1. The van der Waals surface area contributed by atoms with E-state index in [1.165, 1.54) is 13.5 Å². The number of primary amides is 1. The predicted octanol–water partition coefficient (Wildman–Crippen LogP) is 0.752. The molecule has 0 bridgehead atoms. The third kappa shape index (κ3) is 5.68. The summed E-state index contributed by atoms with van der Waals surface area (Å²) in [4.78, 5) is 32.7. The molecule has 0 radical (unpaired) electrons. The predicted molar refractivity (Wildman–Crippen MR) is 121 cm³/mol. The van der Waals surface area contributed by atoms with Crippen LogP contribution in [0.25, 0.3) is 0 Å². The number of benzene rings is 1. The van der Waals surface area contributed by atoms with Gasteiger partial charge in [0, 0.05) is 37.4 Å². The molecule has 11 heteroatoms. The van der Waals surface area contributed by atoms with Crippen molar-refractivity contribution < 1.29 is 14.3 Å². The van der Waals surface area contributed by atoms with Gasteiger partial charge in [0.1, 0.15) is 0 Å². The highest BCUT2D eigenvalue weighted by atomic mass is 16.5. The Morgan fingerprint density at radius 1 is 0.969 bits per heavy atom. The zero-order chi connectivity index (χ0) is 22.9. The Kier molecular flexibility index (Phi) is 8.28. The molecule has 2 aliphatic rings. The third-order valence-electron chi connectivity index (χ3n) is 5.24. The molecule has 4 rings (SSSR count). The maximum atomic E-state index is 12.6. The number of nitrogens with two attached hydrogens (primary N) is 2. The number of amides is 2. The number of carbonyl (C=O) groups excluding carboxylic acids is 2. The van der Waals surface area contributed by atoms with Gasteiger partial charge in [-0.1, -0.05) is 0 Å². The minimum absolute atomic E-state index is 0.0239. The summed E-state index contributed by atoms with van der Waals surface area (Å²) in [5.41, 5.74) is 11.2. The maximum Gasteiger partial charge on any atom is 0.273 e. The van der Waals surface area contributed by atoms with Gasteiger partial charge in [0.25, 0.3) is 11.8 Å². The van der Waals surface area contributed by atoms with Gasteiger partial charge in [0.15, 0.2) is 11.5 Å². The number of nitrogens with zero attached hydrogens (tertiary/aromatic N) is 5. The number of ether oxygens (including phenoxy) is 1. The lowest BCUT2D eigenvalue weighted by Gasteiger charge is -2.27. The molecule has 2 saturated heterocycles. The number of rotatable bonds is 5. The van der Waals surface area contributed by atoms with Crippen LogP contribution in [0.5, 0.6) is 0 Å². The molecule has 2 amide bonds. The van der Waals surface area contributed by atoms with E-state index in [4.69, 9.17) is 10.5 Å². The van der Waals surface area contributed by atoms with Gasteiger partial charge in [-0.2, -0.15) is 4.98 Å². The van der Waals surface area contributed by atoms with Crippen LogP contribution in [0.2, 0.25) is 0 Å². The van der Waals surface area contributed by atoms with E-state index in [2.05, 4.69) is 31.1 Å². The van der Waals surface area contributed by atoms with E-state index >= 15 is 0 Å². The van der Waals surface area contributed by atoms with Gasteiger partial charge in [-0.15, -0.1) is 10.2 Å². The SMILES string of the molecule is CN.NC(=O)c1nnc(N2CCCCC2)nc1Nc1ccc(C(=O)N2CCOCC2)cc1. The zero-order valence-electron chi connectivity index (χ0n) is 18.3. The maximum absolute atomic E-state index is 12.6. The van der Waals surface area contributed by atoms with E-state index in [0.29, 0.717) is 43.5 Å². The van der Waals surface area contributed by atoms with Crippen LogP contribution >= 0.6 is 0 Å². The largest absolute Gasteiger partial charge is 0.378 e. The average molecular weight is 443 g/mol. The summed E-state index contributed by atoms with van der Waals surface area (Å²) in [5.74, 6) is -0.00721. The molecule has 172 valence electrons. The van der Waals surface area contributed by atoms with Crippen molar-refractivity contribution in [3.8, 4) is 0 Å². The van der Waals surface area contributed by atoms with Crippen molar-refractivity contribution in [1.82, 2.24) is 20.1 Å². The first-order valence-electron chi connectivity index (χ1n) is 10.7. The Hall–Kier alpha value is -3.31. The van der Waals surface area contributed by atoms with Crippen molar-refractivity contribution in [2.24, 2.45) is 11.5 Å². The van der Waals surface area contributed by atoms with Crippen LogP contribution in [0.1, 0.15) is 40.1 Å². The van der Waals surface area contributed by atoms with E-state index in [0.717, 1.165) is 25.9 Å². The van der Waals surface area contributed by atoms with Crippen LogP contribution in [-0.4, -0.2) is 78.3 Å². The molecule has 0 saturated carbocycles. The lowest BCUT2D eigenvalue weighted by atomic mass is 10.1. The fourth-order valence-electron chi connectivity index (χ4n) is 3.58. The molecule has 0 atom stereocenters. The van der Waals surface area contributed by atoms with E-state index < -0.39 is 5.91 Å². The van der Waals surface area contributed by atoms with Crippen LogP contribution in [0.3, 0.4) is 0 Å². The highest BCUT2D eigenvalue weighted by Gasteiger charge is 2.21. The summed E-state index contributed by atoms with van der Waals surface area (Å²) in [7, 11) is 1.50. The topological polar surface area (TPSA) is 153 Å². The lowest BCUT2D eigenvalue weighted by molar-refractivity contribution is 0.0303. The van der Waals surface area contributed by atoms with Crippen LogP contribution in [-0.2, 0) is 4.74 Å². The highest BCUT2D eigenvalue weighted by molar-refractivity contribution is 5.97. The normalized spacial score (nSPS) is 16.1. The second kappa shape index (κ2) is 11.3. The minimum Gasteiger partial charge on any atom is -0.378 e. The molecule has 1 aromatic carbocycles. The number of nitrogens with one attached hydrogen (secondary N) is 1. The molecule has 2 aliphatic heterocycles. The molecule has 0 unspecified atom stereocenters. The number of carbonyl (C=O) groups is 2. The zero-order valence-corrected chi connectivity index (χ0v) is 18.3. The van der Waals surface area contributed by atoms with Gasteiger partial charge in [-0.25, -0.2) is 0 Å². The lowest BCUT2D eigenvalue weighted by Crippen LogP contribution is -2.40. The number of anilines is 3. The van der Waals surface area contributed by atoms with Crippen LogP contribution < -0.4 is 21.7 Å². The Labute approximate surface area is 187 Å². The Bertz CT molecular complexity index is 910. The summed E-state index contributed by atoms with van der Waals surface area (Å²) in [6.45, 7) is 4.01. The first-order chi connectivity index (χ1) is 15.6. The van der Waals surface area contributed by atoms with Gasteiger partial charge < -0.3 is 31.3 Å². The van der Waals surface area contributed by atoms with E-state index in [1.807, 2.05) is 0 Å². The molecule has 11 nitrogen and oxygen atoms in total. The van der Waals surface area contributed by atoms with Crippen molar-refractivity contribution in [1.29, 1.82) is 0 Å². The summed E-state index contributed by atoms with van der Waals surface area (Å²) in [6, 6.07) is 7.01. The van der Waals surface area contributed by atoms with Gasteiger partial charge >= 0.3 is 0 Å². The Morgan fingerprint density at radius 2 is 1.62 bits per heavy atom. The monoisotopic (exact) mass is 442 g/mol. The number of aromatic nitrogens is 3. The van der Waals surface area contributed by atoms with E-state index in [9.17, 15) is 9.59 Å². The molecule has 0 spiro atoms. The van der Waals surface area contributed by atoms with E-state index in [-0.39, 0.29) is 17.4 Å². The van der Waals surface area contributed by atoms with Crippen molar-refractivity contribution >= 4 is 29.3 Å². The quantitative estimate of drug-likeness (QED) is 0.609. The molecule has 2 aromatic rings. The number of morpholine rings is 1. The highest BCUT2D eigenvalue weighted by Crippen LogP contribution is 2.22. The van der Waals surface area contributed by atoms with Crippen molar-refractivity contribution in [3.63, 3.8) is 0 Å². The summed E-state index contributed by atoms with van der Waals surface area (Å²) in [5, 5.41) is 11.2. The van der Waals surface area contributed by atoms with Gasteiger partial charge in [0.2, 0.25) is 5.95 Å². The second-order valence-electron chi connectivity index (χ2n) is 7.33.